The average Bonchev–Trinajstić information content (AvgIpc) is 2.69. The first kappa shape index (κ1) is 20.7. The van der Waals surface area contributed by atoms with E-state index >= 15 is 0 Å². The number of nitrogens with two attached hydrogens (primary N) is 1. The number of carbonyl (C=O) groups is 2. The molecule has 3 aromatic rings. The lowest BCUT2D eigenvalue weighted by Gasteiger charge is -2.10. The van der Waals surface area contributed by atoms with Crippen molar-refractivity contribution in [2.45, 2.75) is 32.6 Å². The molecule has 1 amide bonds. The van der Waals surface area contributed by atoms with Crippen LogP contribution < -0.4 is 5.73 Å². The summed E-state index contributed by atoms with van der Waals surface area (Å²) < 4.78 is 0. The summed E-state index contributed by atoms with van der Waals surface area (Å²) in [6.45, 7) is 1.55. The zero-order valence-corrected chi connectivity index (χ0v) is 16.9. The molecule has 0 fully saturated rings. The van der Waals surface area contributed by atoms with E-state index in [4.69, 9.17) is 17.3 Å². The summed E-state index contributed by atoms with van der Waals surface area (Å²) in [5.41, 5.74) is 9.72. The number of hydrogen-bond acceptors (Lipinski definition) is 4. The van der Waals surface area contributed by atoms with Crippen LogP contribution in [0.25, 0.3) is 0 Å². The third kappa shape index (κ3) is 5.72. The van der Waals surface area contributed by atoms with Gasteiger partial charge >= 0.3 is 0 Å². The molecule has 5 nitrogen and oxygen atoms in total. The molecule has 0 atom stereocenters. The van der Waals surface area contributed by atoms with Gasteiger partial charge in [0.1, 0.15) is 5.82 Å². The Kier molecular flexibility index (Phi) is 6.73. The van der Waals surface area contributed by atoms with Crippen molar-refractivity contribution >= 4 is 23.3 Å². The molecule has 2 aromatic carbocycles. The monoisotopic (exact) mass is 407 g/mol. The maximum absolute atomic E-state index is 11.6. The molecule has 0 spiro atoms. The van der Waals surface area contributed by atoms with Gasteiger partial charge in [0.15, 0.2) is 5.78 Å². The number of benzene rings is 2. The number of rotatable bonds is 8. The van der Waals surface area contributed by atoms with Crippen molar-refractivity contribution in [3.63, 3.8) is 0 Å². The Morgan fingerprint density at radius 1 is 1.03 bits per heavy atom. The highest BCUT2D eigenvalue weighted by Crippen LogP contribution is 2.19. The number of Topliss-reactive ketones (excluding diaryl/α,β-unsaturated/α-hetero) is 1. The molecule has 148 valence electrons. The van der Waals surface area contributed by atoms with E-state index in [-0.39, 0.29) is 18.1 Å². The number of primary amides is 1. The average molecular weight is 408 g/mol. The van der Waals surface area contributed by atoms with Crippen molar-refractivity contribution in [3.8, 4) is 0 Å². The first-order valence-corrected chi connectivity index (χ1v) is 9.75. The van der Waals surface area contributed by atoms with Crippen LogP contribution in [0.15, 0.2) is 54.7 Å². The van der Waals surface area contributed by atoms with Gasteiger partial charge < -0.3 is 5.73 Å². The van der Waals surface area contributed by atoms with Crippen molar-refractivity contribution in [2.75, 3.05) is 0 Å². The van der Waals surface area contributed by atoms with Gasteiger partial charge in [-0.15, -0.1) is 0 Å². The zero-order chi connectivity index (χ0) is 20.8. The molecule has 0 unspecified atom stereocenters. The fourth-order valence-corrected chi connectivity index (χ4v) is 3.39. The van der Waals surface area contributed by atoms with Crippen LogP contribution in [0.2, 0.25) is 5.02 Å². The van der Waals surface area contributed by atoms with Gasteiger partial charge in [0.05, 0.1) is 17.1 Å². The van der Waals surface area contributed by atoms with E-state index in [0.29, 0.717) is 35.7 Å². The highest BCUT2D eigenvalue weighted by molar-refractivity contribution is 6.31. The van der Waals surface area contributed by atoms with Gasteiger partial charge in [-0.2, -0.15) is 0 Å². The van der Waals surface area contributed by atoms with Crippen LogP contribution in [0, 0.1) is 0 Å². The topological polar surface area (TPSA) is 85.9 Å². The maximum atomic E-state index is 11.6. The fraction of sp³-hybridized carbons (Fsp3) is 0.217. The minimum Gasteiger partial charge on any atom is -0.369 e. The molecule has 0 saturated carbocycles. The Hall–Kier alpha value is -3.05. The number of halogens is 1. The Balaban J connectivity index is 1.76. The summed E-state index contributed by atoms with van der Waals surface area (Å²) in [7, 11) is 0. The largest absolute Gasteiger partial charge is 0.369 e. The van der Waals surface area contributed by atoms with Crippen LogP contribution in [-0.4, -0.2) is 21.7 Å². The van der Waals surface area contributed by atoms with Crippen LogP contribution >= 0.6 is 11.6 Å². The SMILES string of the molecule is CC(=O)c1cccc(Cc2ncc(Cl)c(CCc3ccccc3CC(N)=O)n2)c1. The van der Waals surface area contributed by atoms with E-state index in [1.165, 1.54) is 0 Å². The lowest BCUT2D eigenvalue weighted by molar-refractivity contribution is -0.117. The van der Waals surface area contributed by atoms with E-state index in [2.05, 4.69) is 9.97 Å². The lowest BCUT2D eigenvalue weighted by atomic mass is 9.99. The molecule has 6 heteroatoms. The quantitative estimate of drug-likeness (QED) is 0.576. The van der Waals surface area contributed by atoms with Gasteiger partial charge in [-0.3, -0.25) is 9.59 Å². The molecule has 0 saturated heterocycles. The molecule has 0 aliphatic heterocycles. The van der Waals surface area contributed by atoms with Crippen LogP contribution in [0.1, 0.15) is 45.5 Å². The maximum Gasteiger partial charge on any atom is 0.221 e. The summed E-state index contributed by atoms with van der Waals surface area (Å²) in [5, 5.41) is 0.513. The molecule has 29 heavy (non-hydrogen) atoms. The van der Waals surface area contributed by atoms with Gasteiger partial charge in [-0.1, -0.05) is 54.1 Å². The number of aromatic nitrogens is 2. The number of carbonyl (C=O) groups excluding carboxylic acids is 2. The summed E-state index contributed by atoms with van der Waals surface area (Å²) in [4.78, 5) is 31.8. The first-order chi connectivity index (χ1) is 13.9. The summed E-state index contributed by atoms with van der Waals surface area (Å²) >= 11 is 6.31. The predicted octanol–water partition coefficient (Wildman–Crippen LogP) is 3.74. The van der Waals surface area contributed by atoms with Gasteiger partial charge in [-0.05, 0) is 42.5 Å². The second kappa shape index (κ2) is 9.43. The number of aryl methyl sites for hydroxylation is 2. The normalized spacial score (nSPS) is 10.7. The van der Waals surface area contributed by atoms with Crippen molar-refractivity contribution in [1.29, 1.82) is 0 Å². The highest BCUT2D eigenvalue weighted by atomic mass is 35.5. The predicted molar refractivity (Wildman–Crippen MR) is 113 cm³/mol. The van der Waals surface area contributed by atoms with Crippen LogP contribution in [0.5, 0.6) is 0 Å². The number of nitrogens with zero attached hydrogens (tertiary/aromatic N) is 2. The van der Waals surface area contributed by atoms with Gasteiger partial charge in [-0.25, -0.2) is 9.97 Å². The lowest BCUT2D eigenvalue weighted by Crippen LogP contribution is -2.15. The summed E-state index contributed by atoms with van der Waals surface area (Å²) in [5.74, 6) is 0.322. The molecule has 1 aromatic heterocycles. The van der Waals surface area contributed by atoms with Crippen molar-refractivity contribution < 1.29 is 9.59 Å². The molecular weight excluding hydrogens is 386 g/mol. The van der Waals surface area contributed by atoms with Crippen molar-refractivity contribution in [1.82, 2.24) is 9.97 Å². The third-order valence-corrected chi connectivity index (χ3v) is 4.99. The summed E-state index contributed by atoms with van der Waals surface area (Å²) in [6, 6.07) is 15.2. The fourth-order valence-electron chi connectivity index (χ4n) is 3.20. The second-order valence-electron chi connectivity index (χ2n) is 6.93. The molecule has 2 N–H and O–H groups in total. The Morgan fingerprint density at radius 3 is 2.52 bits per heavy atom. The molecule has 1 heterocycles. The molecular formula is C23H22ClN3O2. The molecule has 0 radical (unpaired) electrons. The minimum absolute atomic E-state index is 0.0270. The number of ketones is 1. The van der Waals surface area contributed by atoms with Crippen molar-refractivity contribution in [3.05, 3.63) is 93.5 Å². The smallest absolute Gasteiger partial charge is 0.221 e. The zero-order valence-electron chi connectivity index (χ0n) is 16.2. The van der Waals surface area contributed by atoms with E-state index in [1.54, 1.807) is 19.2 Å². The van der Waals surface area contributed by atoms with Crippen LogP contribution in [-0.2, 0) is 30.5 Å². The third-order valence-electron chi connectivity index (χ3n) is 4.68. The van der Waals surface area contributed by atoms with Crippen molar-refractivity contribution in [2.24, 2.45) is 5.73 Å². The summed E-state index contributed by atoms with van der Waals surface area (Å²) in [6.07, 6.45) is 3.66. The van der Waals surface area contributed by atoms with E-state index in [9.17, 15) is 9.59 Å². The minimum atomic E-state index is -0.354. The highest BCUT2D eigenvalue weighted by Gasteiger charge is 2.10. The van der Waals surface area contributed by atoms with Crippen LogP contribution in [0.3, 0.4) is 0 Å². The standard InChI is InChI=1S/C23H22ClN3O2/c1-15(28)18-8-4-5-16(11-18)12-23-26-14-20(24)21(27-23)10-9-17-6-2-3-7-19(17)13-22(25)29/h2-8,11,14H,9-10,12-13H2,1H3,(H2,25,29). The van der Waals surface area contributed by atoms with Crippen LogP contribution in [0.4, 0.5) is 0 Å². The number of amides is 1. The molecule has 0 bridgehead atoms. The Bertz CT molecular complexity index is 1050. The van der Waals surface area contributed by atoms with Gasteiger partial charge in [0.25, 0.3) is 0 Å². The molecule has 0 aliphatic rings. The van der Waals surface area contributed by atoms with Gasteiger partial charge in [0.2, 0.25) is 5.91 Å². The molecule has 0 aliphatic carbocycles. The van der Waals surface area contributed by atoms with E-state index < -0.39 is 0 Å². The van der Waals surface area contributed by atoms with E-state index in [1.807, 2.05) is 42.5 Å². The number of hydrogen-bond donors (Lipinski definition) is 1. The first-order valence-electron chi connectivity index (χ1n) is 9.37. The Morgan fingerprint density at radius 2 is 1.79 bits per heavy atom. The second-order valence-corrected chi connectivity index (χ2v) is 7.33. The van der Waals surface area contributed by atoms with E-state index in [0.717, 1.165) is 22.4 Å². The van der Waals surface area contributed by atoms with Gasteiger partial charge in [0, 0.05) is 18.2 Å². The Labute approximate surface area is 175 Å². The molecule has 3 rings (SSSR count).